The van der Waals surface area contributed by atoms with Gasteiger partial charge in [-0.05, 0) is 42.8 Å². The third kappa shape index (κ3) is 3.30. The minimum absolute atomic E-state index is 0.225. The monoisotopic (exact) mass is 286 g/mol. The summed E-state index contributed by atoms with van der Waals surface area (Å²) in [5.74, 6) is -1.05. The van der Waals surface area contributed by atoms with Gasteiger partial charge in [-0.15, -0.1) is 0 Å². The van der Waals surface area contributed by atoms with E-state index in [1.165, 1.54) is 18.2 Å². The number of nitrogens with zero attached hydrogens (tertiary/aromatic N) is 1. The zero-order chi connectivity index (χ0) is 15.4. The number of oxime groups is 1. The molecule has 0 saturated heterocycles. The van der Waals surface area contributed by atoms with Crippen LogP contribution in [0, 0.1) is 0 Å². The van der Waals surface area contributed by atoms with E-state index in [2.05, 4.69) is 10.5 Å². The Balaban J connectivity index is 2.14. The van der Waals surface area contributed by atoms with Gasteiger partial charge in [-0.25, -0.2) is 0 Å². The molecule has 0 saturated carbocycles. The number of carbonyl (C=O) groups is 1. The number of rotatable bonds is 3. The van der Waals surface area contributed by atoms with Crippen molar-refractivity contribution < 1.29 is 20.2 Å². The molecule has 0 aliphatic rings. The van der Waals surface area contributed by atoms with E-state index in [1.54, 1.807) is 31.2 Å². The molecule has 2 rings (SSSR count). The van der Waals surface area contributed by atoms with Crippen LogP contribution >= 0.6 is 0 Å². The Hall–Kier alpha value is -3.02. The number of hydrogen-bond acceptors (Lipinski definition) is 5. The topological polar surface area (TPSA) is 102 Å². The second-order valence-corrected chi connectivity index (χ2v) is 4.42. The number of carbonyl (C=O) groups excluding carboxylic acids is 1. The average molecular weight is 286 g/mol. The number of hydrogen-bond donors (Lipinski definition) is 4. The first-order valence-corrected chi connectivity index (χ1v) is 6.13. The summed E-state index contributed by atoms with van der Waals surface area (Å²) in [5, 5.41) is 33.0. The highest BCUT2D eigenvalue weighted by Gasteiger charge is 2.09. The molecule has 1 amide bonds. The molecular formula is C15H14N2O4. The van der Waals surface area contributed by atoms with Gasteiger partial charge < -0.3 is 20.7 Å². The van der Waals surface area contributed by atoms with E-state index in [-0.39, 0.29) is 17.1 Å². The Bertz CT molecular complexity index is 693. The Kier molecular flexibility index (Phi) is 4.08. The van der Waals surface area contributed by atoms with Crippen molar-refractivity contribution in [3.8, 4) is 11.5 Å². The first-order valence-electron chi connectivity index (χ1n) is 6.13. The molecule has 0 aliphatic carbocycles. The Morgan fingerprint density at radius 1 is 1.00 bits per heavy atom. The number of nitrogens with one attached hydrogen (secondary N) is 1. The molecule has 6 nitrogen and oxygen atoms in total. The van der Waals surface area contributed by atoms with E-state index in [1.807, 2.05) is 0 Å². The molecular weight excluding hydrogens is 272 g/mol. The molecule has 0 fully saturated rings. The van der Waals surface area contributed by atoms with Crippen molar-refractivity contribution in [3.05, 3.63) is 53.6 Å². The smallest absolute Gasteiger partial charge is 0.255 e. The lowest BCUT2D eigenvalue weighted by Crippen LogP contribution is -2.11. The molecule has 0 aromatic heterocycles. The van der Waals surface area contributed by atoms with Crippen LogP contribution in [0.1, 0.15) is 22.8 Å². The normalized spacial score (nSPS) is 11.2. The minimum atomic E-state index is -0.411. The lowest BCUT2D eigenvalue weighted by Gasteiger charge is -2.07. The van der Waals surface area contributed by atoms with Crippen LogP contribution < -0.4 is 5.32 Å². The van der Waals surface area contributed by atoms with Gasteiger partial charge in [0, 0.05) is 11.3 Å². The zero-order valence-corrected chi connectivity index (χ0v) is 11.2. The fourth-order valence-corrected chi connectivity index (χ4v) is 1.72. The van der Waals surface area contributed by atoms with E-state index in [0.717, 1.165) is 5.56 Å². The highest BCUT2D eigenvalue weighted by Crippen LogP contribution is 2.25. The quantitative estimate of drug-likeness (QED) is 0.301. The number of amides is 1. The average Bonchev–Trinajstić information content (AvgIpc) is 2.50. The van der Waals surface area contributed by atoms with Crippen LogP contribution in [0.3, 0.4) is 0 Å². The molecule has 0 bridgehead atoms. The standard InChI is InChI=1S/C15H14N2O4/c1-9(17-21)10-2-5-12(6-3-10)16-15(20)11-4-7-13(18)14(19)8-11/h2-8,18-19,21H,1H3,(H,16,20)/b17-9-. The zero-order valence-electron chi connectivity index (χ0n) is 11.2. The molecule has 2 aromatic carbocycles. The highest BCUT2D eigenvalue weighted by atomic mass is 16.4. The largest absolute Gasteiger partial charge is 0.504 e. The number of anilines is 1. The summed E-state index contributed by atoms with van der Waals surface area (Å²) in [5.41, 5.74) is 1.98. The van der Waals surface area contributed by atoms with Crippen LogP contribution in [0.25, 0.3) is 0 Å². The van der Waals surface area contributed by atoms with Crippen LogP contribution in [-0.2, 0) is 0 Å². The van der Waals surface area contributed by atoms with E-state index >= 15 is 0 Å². The number of benzene rings is 2. The maximum absolute atomic E-state index is 12.0. The Morgan fingerprint density at radius 3 is 2.19 bits per heavy atom. The predicted molar refractivity (Wildman–Crippen MR) is 78.2 cm³/mol. The highest BCUT2D eigenvalue weighted by molar-refractivity contribution is 6.05. The molecule has 0 heterocycles. The summed E-state index contributed by atoms with van der Waals surface area (Å²) < 4.78 is 0. The molecule has 4 N–H and O–H groups in total. The van der Waals surface area contributed by atoms with Crippen molar-refractivity contribution in [2.75, 3.05) is 5.32 Å². The van der Waals surface area contributed by atoms with E-state index < -0.39 is 5.91 Å². The van der Waals surface area contributed by atoms with Gasteiger partial charge in [0.15, 0.2) is 11.5 Å². The maximum atomic E-state index is 12.0. The Labute approximate surface area is 121 Å². The Morgan fingerprint density at radius 2 is 1.62 bits per heavy atom. The van der Waals surface area contributed by atoms with Crippen molar-refractivity contribution in [2.45, 2.75) is 6.92 Å². The van der Waals surface area contributed by atoms with Gasteiger partial charge in [-0.2, -0.15) is 0 Å². The lowest BCUT2D eigenvalue weighted by atomic mass is 10.1. The lowest BCUT2D eigenvalue weighted by molar-refractivity contribution is 0.102. The number of phenols is 2. The fraction of sp³-hybridized carbons (Fsp3) is 0.0667. The van der Waals surface area contributed by atoms with Gasteiger partial charge >= 0.3 is 0 Å². The van der Waals surface area contributed by atoms with Crippen LogP contribution in [0.15, 0.2) is 47.6 Å². The molecule has 2 aromatic rings. The van der Waals surface area contributed by atoms with Gasteiger partial charge in [-0.3, -0.25) is 4.79 Å². The first kappa shape index (κ1) is 14.4. The van der Waals surface area contributed by atoms with Crippen LogP contribution in [0.4, 0.5) is 5.69 Å². The number of phenolic OH excluding ortho intramolecular Hbond substituents is 2. The second kappa shape index (κ2) is 5.96. The molecule has 0 spiro atoms. The molecule has 0 atom stereocenters. The number of aromatic hydroxyl groups is 2. The molecule has 0 aliphatic heterocycles. The predicted octanol–water partition coefficient (Wildman–Crippen LogP) is 2.55. The summed E-state index contributed by atoms with van der Waals surface area (Å²) in [7, 11) is 0. The van der Waals surface area contributed by atoms with E-state index in [0.29, 0.717) is 11.4 Å². The van der Waals surface area contributed by atoms with Crippen LogP contribution in [-0.4, -0.2) is 27.0 Å². The molecule has 21 heavy (non-hydrogen) atoms. The summed E-state index contributed by atoms with van der Waals surface area (Å²) in [6.07, 6.45) is 0. The summed E-state index contributed by atoms with van der Waals surface area (Å²) in [4.78, 5) is 12.0. The van der Waals surface area contributed by atoms with Gasteiger partial charge in [0.05, 0.1) is 5.71 Å². The van der Waals surface area contributed by atoms with Gasteiger partial charge in [0.1, 0.15) is 0 Å². The van der Waals surface area contributed by atoms with Crippen molar-refractivity contribution in [2.24, 2.45) is 5.16 Å². The SMILES string of the molecule is C/C(=N/O)c1ccc(NC(=O)c2ccc(O)c(O)c2)cc1. The van der Waals surface area contributed by atoms with Gasteiger partial charge in [0.25, 0.3) is 5.91 Å². The minimum Gasteiger partial charge on any atom is -0.504 e. The maximum Gasteiger partial charge on any atom is 0.255 e. The molecule has 0 unspecified atom stereocenters. The second-order valence-electron chi connectivity index (χ2n) is 4.42. The molecule has 6 heteroatoms. The third-order valence-electron chi connectivity index (χ3n) is 2.95. The van der Waals surface area contributed by atoms with E-state index in [4.69, 9.17) is 5.21 Å². The van der Waals surface area contributed by atoms with Crippen molar-refractivity contribution in [1.29, 1.82) is 0 Å². The van der Waals surface area contributed by atoms with Crippen LogP contribution in [0.5, 0.6) is 11.5 Å². The van der Waals surface area contributed by atoms with E-state index in [9.17, 15) is 15.0 Å². The summed E-state index contributed by atoms with van der Waals surface area (Å²) in [6, 6.07) is 10.6. The first-order chi connectivity index (χ1) is 10.0. The van der Waals surface area contributed by atoms with Gasteiger partial charge in [-0.1, -0.05) is 17.3 Å². The van der Waals surface area contributed by atoms with Crippen LogP contribution in [0.2, 0.25) is 0 Å². The van der Waals surface area contributed by atoms with Crippen molar-refractivity contribution >= 4 is 17.3 Å². The molecule has 0 radical (unpaired) electrons. The molecule has 108 valence electrons. The summed E-state index contributed by atoms with van der Waals surface area (Å²) in [6.45, 7) is 1.66. The van der Waals surface area contributed by atoms with Gasteiger partial charge in [0.2, 0.25) is 0 Å². The van der Waals surface area contributed by atoms with Crippen molar-refractivity contribution in [1.82, 2.24) is 0 Å². The fourth-order valence-electron chi connectivity index (χ4n) is 1.72. The summed E-state index contributed by atoms with van der Waals surface area (Å²) >= 11 is 0. The van der Waals surface area contributed by atoms with Crippen molar-refractivity contribution in [3.63, 3.8) is 0 Å². The third-order valence-corrected chi connectivity index (χ3v) is 2.95.